The first kappa shape index (κ1) is 13.0. The number of benzene rings is 1. The second-order valence-electron chi connectivity index (χ2n) is 5.96. The zero-order chi connectivity index (χ0) is 14.5. The van der Waals surface area contributed by atoms with Crippen molar-refractivity contribution in [2.75, 3.05) is 4.90 Å². The van der Waals surface area contributed by atoms with Crippen molar-refractivity contribution in [3.8, 4) is 0 Å². The molecule has 0 saturated carbocycles. The van der Waals surface area contributed by atoms with Crippen molar-refractivity contribution in [1.82, 2.24) is 4.67 Å². The van der Waals surface area contributed by atoms with E-state index < -0.39 is 20.3 Å². The maximum absolute atomic E-state index is 12.6. The molecule has 1 aromatic rings. The van der Waals surface area contributed by atoms with E-state index in [9.17, 15) is 9.59 Å². The summed E-state index contributed by atoms with van der Waals surface area (Å²) in [7, 11) is -1.84. The lowest BCUT2D eigenvalue weighted by molar-refractivity contribution is -0.122. The molecule has 2 aliphatic rings. The van der Waals surface area contributed by atoms with Gasteiger partial charge in [0.05, 0.1) is 5.69 Å². The van der Waals surface area contributed by atoms with Gasteiger partial charge in [0, 0.05) is 0 Å². The van der Waals surface area contributed by atoms with Crippen molar-refractivity contribution >= 4 is 25.7 Å². The molecule has 104 valence electrons. The van der Waals surface area contributed by atoms with E-state index >= 15 is 0 Å². The Balaban J connectivity index is 1.98. The Morgan fingerprint density at radius 2 is 1.70 bits per heavy atom. The number of anilines is 1. The Morgan fingerprint density at radius 3 is 2.30 bits per heavy atom. The van der Waals surface area contributed by atoms with Crippen molar-refractivity contribution < 1.29 is 9.59 Å². The van der Waals surface area contributed by atoms with Crippen LogP contribution in [0.2, 0.25) is 19.6 Å². The second kappa shape index (κ2) is 4.24. The summed E-state index contributed by atoms with van der Waals surface area (Å²) in [5, 5.41) is 8.10. The van der Waals surface area contributed by atoms with Crippen molar-refractivity contribution in [3.05, 3.63) is 30.3 Å². The highest BCUT2D eigenvalue weighted by molar-refractivity contribution is 6.73. The minimum absolute atomic E-state index is 0.223. The Hall–Kier alpha value is -2.02. The molecule has 0 radical (unpaired) electrons. The van der Waals surface area contributed by atoms with Gasteiger partial charge in [-0.3, -0.25) is 14.3 Å². The smallest absolute Gasteiger partial charge is 0.263 e. The average molecular weight is 288 g/mol. The molecule has 6 nitrogen and oxygen atoms in total. The summed E-state index contributed by atoms with van der Waals surface area (Å²) < 4.78 is 1.76. The van der Waals surface area contributed by atoms with Crippen LogP contribution in [0.3, 0.4) is 0 Å². The van der Waals surface area contributed by atoms with Crippen LogP contribution in [0.15, 0.2) is 40.7 Å². The number of para-hydroxylation sites is 1. The minimum atomic E-state index is -1.84. The van der Waals surface area contributed by atoms with E-state index in [1.165, 1.54) is 4.90 Å². The number of hydrogen-bond donors (Lipinski definition) is 0. The summed E-state index contributed by atoms with van der Waals surface area (Å²) >= 11 is 0. The van der Waals surface area contributed by atoms with Crippen molar-refractivity contribution in [3.63, 3.8) is 0 Å². The SMILES string of the molecule is C[Si](C)(C)N1N=N[C@@H]2C(=O)N(c3ccccc3)C(=O)[C@@H]21. The number of hydrogen-bond acceptors (Lipinski definition) is 5. The van der Waals surface area contributed by atoms with Crippen LogP contribution in [0, 0.1) is 0 Å². The van der Waals surface area contributed by atoms with Gasteiger partial charge in [-0.15, -0.1) is 0 Å². The maximum atomic E-state index is 12.6. The molecule has 1 saturated heterocycles. The van der Waals surface area contributed by atoms with E-state index in [2.05, 4.69) is 30.0 Å². The fourth-order valence-corrected chi connectivity index (χ4v) is 3.95. The van der Waals surface area contributed by atoms with Gasteiger partial charge in [0.25, 0.3) is 11.8 Å². The van der Waals surface area contributed by atoms with E-state index in [1.54, 1.807) is 16.8 Å². The van der Waals surface area contributed by atoms with Gasteiger partial charge in [-0.2, -0.15) is 5.11 Å². The zero-order valence-corrected chi connectivity index (χ0v) is 12.6. The highest BCUT2D eigenvalue weighted by Gasteiger charge is 2.56. The number of imide groups is 1. The first-order valence-corrected chi connectivity index (χ1v) is 9.99. The van der Waals surface area contributed by atoms with Crippen LogP contribution in [0.4, 0.5) is 5.69 Å². The third kappa shape index (κ3) is 1.77. The van der Waals surface area contributed by atoms with Crippen LogP contribution in [0.25, 0.3) is 0 Å². The monoisotopic (exact) mass is 288 g/mol. The maximum Gasteiger partial charge on any atom is 0.263 e. The molecular weight excluding hydrogens is 272 g/mol. The van der Waals surface area contributed by atoms with E-state index in [4.69, 9.17) is 0 Å². The number of fused-ring (bicyclic) bond motifs is 1. The Morgan fingerprint density at radius 1 is 1.05 bits per heavy atom. The first-order valence-electron chi connectivity index (χ1n) is 6.54. The van der Waals surface area contributed by atoms with Gasteiger partial charge in [-0.05, 0) is 12.1 Å². The van der Waals surface area contributed by atoms with Crippen LogP contribution in [-0.2, 0) is 9.59 Å². The first-order chi connectivity index (χ1) is 9.41. The van der Waals surface area contributed by atoms with E-state index in [-0.39, 0.29) is 11.8 Å². The van der Waals surface area contributed by atoms with Crippen LogP contribution in [-0.4, -0.2) is 36.8 Å². The molecule has 0 spiro atoms. The summed E-state index contributed by atoms with van der Waals surface area (Å²) in [6.45, 7) is 6.24. The van der Waals surface area contributed by atoms with Gasteiger partial charge >= 0.3 is 0 Å². The molecular formula is C13H16N4O2Si. The summed E-state index contributed by atoms with van der Waals surface area (Å²) in [5.41, 5.74) is 0.600. The number of rotatable bonds is 2. The van der Waals surface area contributed by atoms with Gasteiger partial charge in [-0.1, -0.05) is 43.1 Å². The molecule has 2 amide bonds. The minimum Gasteiger partial charge on any atom is -0.292 e. The standard InChI is InChI=1S/C13H16N4O2Si/c1-20(2,3)17-11-10(14-15-17)12(18)16(13(11)19)9-7-5-4-6-8-9/h4-8,10-11H,1-3H3/t10-,11+/m0/s1. The molecule has 0 aliphatic carbocycles. The fourth-order valence-electron chi connectivity index (χ4n) is 2.54. The molecule has 0 aromatic heterocycles. The number of nitrogens with zero attached hydrogens (tertiary/aromatic N) is 4. The van der Waals surface area contributed by atoms with Gasteiger partial charge < -0.3 is 0 Å². The molecule has 2 heterocycles. The lowest BCUT2D eigenvalue weighted by Gasteiger charge is -2.31. The largest absolute Gasteiger partial charge is 0.292 e. The van der Waals surface area contributed by atoms with Crippen molar-refractivity contribution in [2.45, 2.75) is 31.7 Å². The lowest BCUT2D eigenvalue weighted by atomic mass is 10.2. The number of carbonyl (C=O) groups is 2. The normalized spacial score (nSPS) is 25.6. The van der Waals surface area contributed by atoms with E-state index in [0.717, 1.165) is 0 Å². The number of carbonyl (C=O) groups excluding carboxylic acids is 2. The predicted molar refractivity (Wildman–Crippen MR) is 76.6 cm³/mol. The van der Waals surface area contributed by atoms with Crippen LogP contribution >= 0.6 is 0 Å². The Labute approximate surface area is 118 Å². The zero-order valence-electron chi connectivity index (χ0n) is 11.6. The van der Waals surface area contributed by atoms with Gasteiger partial charge in [0.1, 0.15) is 0 Å². The molecule has 0 unspecified atom stereocenters. The van der Waals surface area contributed by atoms with E-state index in [1.807, 2.05) is 18.2 Å². The number of amides is 2. The lowest BCUT2D eigenvalue weighted by Crippen LogP contribution is -2.51. The summed E-state index contributed by atoms with van der Waals surface area (Å²) in [5.74, 6) is -0.505. The topological polar surface area (TPSA) is 65.3 Å². The molecule has 1 aromatic carbocycles. The van der Waals surface area contributed by atoms with E-state index in [0.29, 0.717) is 5.69 Å². The summed E-state index contributed by atoms with van der Waals surface area (Å²) in [4.78, 5) is 26.3. The molecule has 0 N–H and O–H groups in total. The highest BCUT2D eigenvalue weighted by Crippen LogP contribution is 2.34. The second-order valence-corrected chi connectivity index (χ2v) is 10.8. The predicted octanol–water partition coefficient (Wildman–Crippen LogP) is 1.81. The Bertz CT molecular complexity index is 596. The fraction of sp³-hybridized carbons (Fsp3) is 0.385. The highest BCUT2D eigenvalue weighted by atomic mass is 28.3. The van der Waals surface area contributed by atoms with Gasteiger partial charge in [-0.25, -0.2) is 4.90 Å². The van der Waals surface area contributed by atoms with Gasteiger partial charge in [0.15, 0.2) is 20.3 Å². The van der Waals surface area contributed by atoms with Gasteiger partial charge in [0.2, 0.25) is 0 Å². The molecule has 20 heavy (non-hydrogen) atoms. The Kier molecular flexibility index (Phi) is 2.75. The van der Waals surface area contributed by atoms with Crippen LogP contribution in [0.1, 0.15) is 0 Å². The molecule has 0 bridgehead atoms. The third-order valence-electron chi connectivity index (χ3n) is 3.48. The molecule has 2 atom stereocenters. The van der Waals surface area contributed by atoms with Crippen LogP contribution in [0.5, 0.6) is 0 Å². The summed E-state index contributed by atoms with van der Waals surface area (Å²) in [6, 6.07) is 7.73. The average Bonchev–Trinajstić information content (AvgIpc) is 2.92. The molecule has 2 aliphatic heterocycles. The quantitative estimate of drug-likeness (QED) is 0.616. The molecule has 3 rings (SSSR count). The van der Waals surface area contributed by atoms with Crippen molar-refractivity contribution in [1.29, 1.82) is 0 Å². The molecule has 1 fully saturated rings. The van der Waals surface area contributed by atoms with Crippen molar-refractivity contribution in [2.24, 2.45) is 10.3 Å². The third-order valence-corrected chi connectivity index (χ3v) is 5.23. The summed E-state index contributed by atoms with van der Waals surface area (Å²) in [6.07, 6.45) is 0. The molecule has 7 heteroatoms. The van der Waals surface area contributed by atoms with Crippen LogP contribution < -0.4 is 4.90 Å².